The van der Waals surface area contributed by atoms with Crippen LogP contribution in [0.4, 0.5) is 5.69 Å². The average molecular weight is 306 g/mol. The molecule has 2 aliphatic heterocycles. The Morgan fingerprint density at radius 1 is 1.32 bits per heavy atom. The summed E-state index contributed by atoms with van der Waals surface area (Å²) in [5.41, 5.74) is 0.810. The summed E-state index contributed by atoms with van der Waals surface area (Å²) in [6.45, 7) is 2.48. The largest absolute Gasteiger partial charge is 0.490 e. The van der Waals surface area contributed by atoms with Crippen LogP contribution in [0, 0.1) is 5.92 Å². The van der Waals surface area contributed by atoms with E-state index >= 15 is 0 Å². The molecule has 2 atom stereocenters. The lowest BCUT2D eigenvalue weighted by Crippen LogP contribution is -2.50. The third kappa shape index (κ3) is 3.09. The summed E-state index contributed by atoms with van der Waals surface area (Å²) >= 11 is 0. The van der Waals surface area contributed by atoms with Crippen molar-refractivity contribution < 1.29 is 19.7 Å². The number of ether oxygens (including phenoxy) is 1. The molecule has 2 N–H and O–H groups in total. The molecule has 1 fully saturated rings. The topological polar surface area (TPSA) is 73.2 Å². The minimum atomic E-state index is -0.566. The second-order valence-electron chi connectivity index (χ2n) is 5.90. The van der Waals surface area contributed by atoms with Crippen LogP contribution in [0.3, 0.4) is 0 Å². The first-order valence-electron chi connectivity index (χ1n) is 7.72. The smallest absolute Gasteiger partial charge is 0.241 e. The minimum Gasteiger partial charge on any atom is -0.490 e. The van der Waals surface area contributed by atoms with Crippen LogP contribution in [0.1, 0.15) is 6.42 Å². The molecule has 0 aliphatic carbocycles. The quantitative estimate of drug-likeness (QED) is 0.828. The van der Waals surface area contributed by atoms with Crippen LogP contribution >= 0.6 is 0 Å². The Labute approximate surface area is 129 Å². The molecule has 2 heterocycles. The van der Waals surface area contributed by atoms with Gasteiger partial charge in [0.2, 0.25) is 5.91 Å². The summed E-state index contributed by atoms with van der Waals surface area (Å²) in [6.07, 6.45) is 0.147. The van der Waals surface area contributed by atoms with Crippen LogP contribution in [0.5, 0.6) is 5.75 Å². The summed E-state index contributed by atoms with van der Waals surface area (Å²) < 4.78 is 5.56. The van der Waals surface area contributed by atoms with Crippen molar-refractivity contribution in [3.63, 3.8) is 0 Å². The summed E-state index contributed by atoms with van der Waals surface area (Å²) in [7, 11) is 0. The summed E-state index contributed by atoms with van der Waals surface area (Å²) in [5, 5.41) is 19.1. The van der Waals surface area contributed by atoms with Crippen molar-refractivity contribution in [1.82, 2.24) is 4.90 Å². The molecule has 1 saturated heterocycles. The highest BCUT2D eigenvalue weighted by Gasteiger charge is 2.30. The molecule has 1 amide bonds. The van der Waals surface area contributed by atoms with Gasteiger partial charge in [-0.25, -0.2) is 0 Å². The van der Waals surface area contributed by atoms with E-state index < -0.39 is 6.10 Å². The number of anilines is 1. The van der Waals surface area contributed by atoms with Crippen LogP contribution in [-0.4, -0.2) is 66.5 Å². The normalized spacial score (nSPS) is 25.5. The first-order chi connectivity index (χ1) is 10.7. The predicted molar refractivity (Wildman–Crippen MR) is 81.9 cm³/mol. The van der Waals surface area contributed by atoms with Gasteiger partial charge in [-0.2, -0.15) is 0 Å². The van der Waals surface area contributed by atoms with Gasteiger partial charge in [-0.05, 0) is 25.1 Å². The molecule has 120 valence electrons. The monoisotopic (exact) mass is 306 g/mol. The first kappa shape index (κ1) is 15.3. The number of likely N-dealkylation sites (tertiary alicyclic amines) is 1. The van der Waals surface area contributed by atoms with E-state index in [1.54, 1.807) is 4.90 Å². The number of rotatable bonds is 3. The molecule has 22 heavy (non-hydrogen) atoms. The third-order valence-electron chi connectivity index (χ3n) is 4.43. The summed E-state index contributed by atoms with van der Waals surface area (Å²) in [4.78, 5) is 16.3. The van der Waals surface area contributed by atoms with Gasteiger partial charge in [0.1, 0.15) is 12.4 Å². The Balaban J connectivity index is 1.64. The molecule has 0 aromatic heterocycles. The maximum absolute atomic E-state index is 12.6. The van der Waals surface area contributed by atoms with Crippen LogP contribution in [-0.2, 0) is 4.79 Å². The number of fused-ring (bicyclic) bond motifs is 1. The van der Waals surface area contributed by atoms with Crippen molar-refractivity contribution in [2.24, 2.45) is 5.92 Å². The van der Waals surface area contributed by atoms with Crippen molar-refractivity contribution in [2.45, 2.75) is 12.5 Å². The van der Waals surface area contributed by atoms with E-state index in [-0.39, 0.29) is 25.0 Å². The average Bonchev–Trinajstić information content (AvgIpc) is 2.54. The van der Waals surface area contributed by atoms with Gasteiger partial charge in [0.25, 0.3) is 0 Å². The SMILES string of the molecule is O=C(CN1CC[C@H](CO)[C@@H](O)C1)N1CCOc2ccccc21. The van der Waals surface area contributed by atoms with Crippen molar-refractivity contribution in [2.75, 3.05) is 44.3 Å². The lowest BCUT2D eigenvalue weighted by molar-refractivity contribution is -0.121. The Kier molecular flexibility index (Phi) is 4.61. The fourth-order valence-corrected chi connectivity index (χ4v) is 3.11. The molecule has 0 spiro atoms. The number of nitrogens with zero attached hydrogens (tertiary/aromatic N) is 2. The number of carbonyl (C=O) groups is 1. The maximum Gasteiger partial charge on any atom is 0.241 e. The Bertz CT molecular complexity index is 537. The Hall–Kier alpha value is -1.63. The predicted octanol–water partition coefficient (Wildman–Crippen LogP) is 0.0871. The Morgan fingerprint density at radius 2 is 2.14 bits per heavy atom. The number of hydrogen-bond acceptors (Lipinski definition) is 5. The molecule has 0 radical (unpaired) electrons. The van der Waals surface area contributed by atoms with E-state index in [4.69, 9.17) is 4.74 Å². The molecule has 0 unspecified atom stereocenters. The van der Waals surface area contributed by atoms with Crippen LogP contribution in [0.2, 0.25) is 0 Å². The van der Waals surface area contributed by atoms with Gasteiger partial charge < -0.3 is 19.8 Å². The zero-order chi connectivity index (χ0) is 15.5. The minimum absolute atomic E-state index is 0.000206. The molecule has 0 saturated carbocycles. The molecule has 6 nitrogen and oxygen atoms in total. The van der Waals surface area contributed by atoms with Gasteiger partial charge in [0.05, 0.1) is 24.9 Å². The van der Waals surface area contributed by atoms with Crippen LogP contribution < -0.4 is 9.64 Å². The van der Waals surface area contributed by atoms with Gasteiger partial charge in [-0.15, -0.1) is 0 Å². The van der Waals surface area contributed by atoms with Gasteiger partial charge in [0, 0.05) is 19.1 Å². The van der Waals surface area contributed by atoms with E-state index in [2.05, 4.69) is 0 Å². The molecule has 1 aromatic carbocycles. The van der Waals surface area contributed by atoms with Crippen LogP contribution in [0.25, 0.3) is 0 Å². The summed E-state index contributed by atoms with van der Waals surface area (Å²) in [6, 6.07) is 7.54. The number of amides is 1. The number of β-amino-alcohol motifs (C(OH)–C–C–N with tert-alkyl or cyclic N) is 1. The lowest BCUT2D eigenvalue weighted by Gasteiger charge is -2.36. The van der Waals surface area contributed by atoms with Crippen molar-refractivity contribution in [1.29, 1.82) is 0 Å². The number of benzene rings is 1. The second kappa shape index (κ2) is 6.64. The molecule has 1 aromatic rings. The highest BCUT2D eigenvalue weighted by molar-refractivity contribution is 5.96. The highest BCUT2D eigenvalue weighted by atomic mass is 16.5. The van der Waals surface area contributed by atoms with Crippen LogP contribution in [0.15, 0.2) is 24.3 Å². The number of aliphatic hydroxyl groups excluding tert-OH is 2. The maximum atomic E-state index is 12.6. The number of piperidine rings is 1. The Morgan fingerprint density at radius 3 is 2.91 bits per heavy atom. The van der Waals surface area contributed by atoms with Gasteiger partial charge in [-0.1, -0.05) is 12.1 Å². The first-order valence-corrected chi connectivity index (χ1v) is 7.72. The van der Waals surface area contributed by atoms with Gasteiger partial charge in [0.15, 0.2) is 0 Å². The fourth-order valence-electron chi connectivity index (χ4n) is 3.11. The van der Waals surface area contributed by atoms with Crippen molar-refractivity contribution >= 4 is 11.6 Å². The second-order valence-corrected chi connectivity index (χ2v) is 5.90. The fraction of sp³-hybridized carbons (Fsp3) is 0.562. The van der Waals surface area contributed by atoms with Crippen molar-refractivity contribution in [3.05, 3.63) is 24.3 Å². The molecule has 2 aliphatic rings. The zero-order valence-electron chi connectivity index (χ0n) is 12.5. The van der Waals surface area contributed by atoms with E-state index in [1.165, 1.54) is 0 Å². The van der Waals surface area contributed by atoms with Gasteiger partial charge in [-0.3, -0.25) is 9.69 Å². The molecule has 3 rings (SSSR count). The molecular formula is C16H22N2O4. The number of carbonyl (C=O) groups excluding carboxylic acids is 1. The van der Waals surface area contributed by atoms with E-state index in [1.807, 2.05) is 29.2 Å². The number of hydrogen-bond donors (Lipinski definition) is 2. The standard InChI is InChI=1S/C16H22N2O4/c19-11-12-5-6-17(9-14(12)20)10-16(21)18-7-8-22-15-4-2-1-3-13(15)18/h1-4,12,14,19-20H,5-11H2/t12-,14+/m1/s1. The number of para-hydroxylation sites is 2. The third-order valence-corrected chi connectivity index (χ3v) is 4.43. The molecule has 0 bridgehead atoms. The van der Waals surface area contributed by atoms with Gasteiger partial charge >= 0.3 is 0 Å². The van der Waals surface area contributed by atoms with E-state index in [0.717, 1.165) is 18.0 Å². The number of aliphatic hydroxyl groups is 2. The lowest BCUT2D eigenvalue weighted by atomic mass is 9.95. The molecule has 6 heteroatoms. The van der Waals surface area contributed by atoms with E-state index in [9.17, 15) is 15.0 Å². The molecular weight excluding hydrogens is 284 g/mol. The van der Waals surface area contributed by atoms with E-state index in [0.29, 0.717) is 26.1 Å². The summed E-state index contributed by atoms with van der Waals surface area (Å²) in [5.74, 6) is 0.682. The highest BCUT2D eigenvalue weighted by Crippen LogP contribution is 2.31. The van der Waals surface area contributed by atoms with Crippen molar-refractivity contribution in [3.8, 4) is 5.75 Å². The zero-order valence-corrected chi connectivity index (χ0v) is 12.5.